The molecule has 0 radical (unpaired) electrons. The van der Waals surface area contributed by atoms with Crippen molar-refractivity contribution in [1.29, 1.82) is 0 Å². The number of carbonyl (C=O) groups excluding carboxylic acids is 1. The van der Waals surface area contributed by atoms with E-state index in [2.05, 4.69) is 18.5 Å². The highest BCUT2D eigenvalue weighted by molar-refractivity contribution is 7.07. The van der Waals surface area contributed by atoms with Crippen LogP contribution in [0.4, 0.5) is 0 Å². The number of aliphatic hydroxyl groups excluding tert-OH is 1. The molecule has 1 aromatic rings. The number of amides is 1. The van der Waals surface area contributed by atoms with Crippen molar-refractivity contribution in [3.05, 3.63) is 47.7 Å². The molecule has 98 valence electrons. The van der Waals surface area contributed by atoms with Gasteiger partial charge in [0, 0.05) is 12.5 Å². The second kappa shape index (κ2) is 7.84. The van der Waals surface area contributed by atoms with E-state index in [0.717, 1.165) is 5.56 Å². The van der Waals surface area contributed by atoms with Crippen LogP contribution in [0.25, 0.3) is 0 Å². The van der Waals surface area contributed by atoms with E-state index in [0.29, 0.717) is 12.8 Å². The lowest BCUT2D eigenvalue weighted by atomic mass is 10.0. The van der Waals surface area contributed by atoms with E-state index < -0.39 is 6.10 Å². The molecule has 1 amide bonds. The predicted octanol–water partition coefficient (Wildman–Crippen LogP) is 2.67. The number of allylic oxidation sites excluding steroid dienone is 2. The zero-order valence-electron chi connectivity index (χ0n) is 10.3. The molecule has 18 heavy (non-hydrogen) atoms. The number of hydrogen-bond acceptors (Lipinski definition) is 3. The summed E-state index contributed by atoms with van der Waals surface area (Å²) in [4.78, 5) is 11.9. The zero-order chi connectivity index (χ0) is 13.4. The van der Waals surface area contributed by atoms with Crippen molar-refractivity contribution < 1.29 is 9.90 Å². The maximum atomic E-state index is 11.9. The highest BCUT2D eigenvalue weighted by Crippen LogP contribution is 2.16. The van der Waals surface area contributed by atoms with Crippen LogP contribution in [0.5, 0.6) is 0 Å². The molecule has 1 rings (SSSR count). The molecule has 1 unspecified atom stereocenters. The maximum Gasteiger partial charge on any atom is 0.223 e. The fourth-order valence-electron chi connectivity index (χ4n) is 1.64. The number of nitrogens with one attached hydrogen (secondary N) is 1. The molecule has 0 aliphatic carbocycles. The van der Waals surface area contributed by atoms with Crippen LogP contribution in [0.2, 0.25) is 0 Å². The summed E-state index contributed by atoms with van der Waals surface area (Å²) >= 11 is 1.53. The van der Waals surface area contributed by atoms with Gasteiger partial charge < -0.3 is 10.4 Å². The third-order valence-electron chi connectivity index (χ3n) is 2.67. The van der Waals surface area contributed by atoms with E-state index in [1.807, 2.05) is 16.8 Å². The van der Waals surface area contributed by atoms with Crippen molar-refractivity contribution in [1.82, 2.24) is 5.32 Å². The molecule has 0 saturated carbocycles. The SMILES string of the molecule is C=CCC(CC=C)C(=O)NCC(O)c1ccsc1. The van der Waals surface area contributed by atoms with Gasteiger partial charge in [-0.3, -0.25) is 4.79 Å². The Hall–Kier alpha value is -1.39. The van der Waals surface area contributed by atoms with E-state index in [4.69, 9.17) is 0 Å². The fourth-order valence-corrected chi connectivity index (χ4v) is 2.34. The van der Waals surface area contributed by atoms with Gasteiger partial charge in [0.2, 0.25) is 5.91 Å². The third-order valence-corrected chi connectivity index (χ3v) is 3.37. The van der Waals surface area contributed by atoms with Gasteiger partial charge in [-0.15, -0.1) is 13.2 Å². The van der Waals surface area contributed by atoms with E-state index in [9.17, 15) is 9.90 Å². The zero-order valence-corrected chi connectivity index (χ0v) is 11.2. The fraction of sp³-hybridized carbons (Fsp3) is 0.357. The third kappa shape index (κ3) is 4.47. The largest absolute Gasteiger partial charge is 0.387 e. The van der Waals surface area contributed by atoms with Crippen LogP contribution in [-0.4, -0.2) is 17.6 Å². The molecule has 0 bridgehead atoms. The van der Waals surface area contributed by atoms with Crippen molar-refractivity contribution in [2.75, 3.05) is 6.54 Å². The van der Waals surface area contributed by atoms with E-state index in [1.165, 1.54) is 11.3 Å². The highest BCUT2D eigenvalue weighted by Gasteiger charge is 2.16. The predicted molar refractivity (Wildman–Crippen MR) is 75.4 cm³/mol. The quantitative estimate of drug-likeness (QED) is 0.710. The first kappa shape index (κ1) is 14.7. The van der Waals surface area contributed by atoms with Crippen LogP contribution in [0.15, 0.2) is 42.1 Å². The number of rotatable bonds is 8. The van der Waals surface area contributed by atoms with Gasteiger partial charge in [0.15, 0.2) is 0 Å². The van der Waals surface area contributed by atoms with E-state index >= 15 is 0 Å². The standard InChI is InChI=1S/C14H19NO2S/c1-3-5-11(6-4-2)14(17)15-9-13(16)12-7-8-18-10-12/h3-4,7-8,10-11,13,16H,1-2,5-6,9H2,(H,15,17). The highest BCUT2D eigenvalue weighted by atomic mass is 32.1. The van der Waals surface area contributed by atoms with Crippen LogP contribution in [-0.2, 0) is 4.79 Å². The minimum atomic E-state index is -0.645. The number of aliphatic hydroxyl groups is 1. The first-order valence-corrected chi connectivity index (χ1v) is 6.83. The minimum absolute atomic E-state index is 0.0657. The Balaban J connectivity index is 2.43. The topological polar surface area (TPSA) is 49.3 Å². The van der Waals surface area contributed by atoms with Crippen molar-refractivity contribution in [3.63, 3.8) is 0 Å². The molecule has 0 saturated heterocycles. The minimum Gasteiger partial charge on any atom is -0.387 e. The van der Waals surface area contributed by atoms with Gasteiger partial charge in [0.1, 0.15) is 0 Å². The van der Waals surface area contributed by atoms with Crippen molar-refractivity contribution >= 4 is 17.2 Å². The van der Waals surface area contributed by atoms with Gasteiger partial charge in [-0.05, 0) is 35.2 Å². The van der Waals surface area contributed by atoms with Crippen molar-refractivity contribution in [2.24, 2.45) is 5.92 Å². The summed E-state index contributed by atoms with van der Waals surface area (Å²) in [5.74, 6) is -0.209. The van der Waals surface area contributed by atoms with Crippen LogP contribution >= 0.6 is 11.3 Å². The molecule has 1 atom stereocenters. The molecule has 2 N–H and O–H groups in total. The second-order valence-corrected chi connectivity index (χ2v) is 4.84. The Kier molecular flexibility index (Phi) is 6.39. The Morgan fingerprint density at radius 1 is 1.44 bits per heavy atom. The molecule has 1 aromatic heterocycles. The first-order valence-electron chi connectivity index (χ1n) is 5.88. The molecular formula is C14H19NO2S. The summed E-state index contributed by atoms with van der Waals surface area (Å²) < 4.78 is 0. The van der Waals surface area contributed by atoms with E-state index in [1.54, 1.807) is 12.2 Å². The lowest BCUT2D eigenvalue weighted by Gasteiger charge is -2.15. The molecule has 3 nitrogen and oxygen atoms in total. The van der Waals surface area contributed by atoms with Crippen LogP contribution in [0, 0.1) is 5.92 Å². The Morgan fingerprint density at radius 2 is 2.11 bits per heavy atom. The average molecular weight is 265 g/mol. The lowest BCUT2D eigenvalue weighted by molar-refractivity contribution is -0.125. The van der Waals surface area contributed by atoms with Gasteiger partial charge in [0.25, 0.3) is 0 Å². The molecule has 0 aromatic carbocycles. The summed E-state index contributed by atoms with van der Waals surface area (Å²) in [6, 6.07) is 1.85. The molecule has 0 fully saturated rings. The van der Waals surface area contributed by atoms with Crippen molar-refractivity contribution in [2.45, 2.75) is 18.9 Å². The summed E-state index contributed by atoms with van der Waals surface area (Å²) in [7, 11) is 0. The summed E-state index contributed by atoms with van der Waals surface area (Å²) in [6.07, 6.45) is 4.04. The Morgan fingerprint density at radius 3 is 2.61 bits per heavy atom. The lowest BCUT2D eigenvalue weighted by Crippen LogP contribution is -2.33. The molecule has 0 aliphatic rings. The molecular weight excluding hydrogens is 246 g/mol. The Labute approximate surface area is 112 Å². The van der Waals surface area contributed by atoms with Crippen LogP contribution < -0.4 is 5.32 Å². The second-order valence-electron chi connectivity index (χ2n) is 4.06. The van der Waals surface area contributed by atoms with Gasteiger partial charge >= 0.3 is 0 Å². The molecule has 1 heterocycles. The average Bonchev–Trinajstić information content (AvgIpc) is 2.89. The molecule has 0 spiro atoms. The number of hydrogen-bond donors (Lipinski definition) is 2. The first-order chi connectivity index (χ1) is 8.69. The number of carbonyl (C=O) groups is 1. The molecule has 0 aliphatic heterocycles. The Bertz CT molecular complexity index is 377. The van der Waals surface area contributed by atoms with Crippen molar-refractivity contribution in [3.8, 4) is 0 Å². The maximum absolute atomic E-state index is 11.9. The van der Waals surface area contributed by atoms with Gasteiger partial charge in [-0.1, -0.05) is 12.2 Å². The monoisotopic (exact) mass is 265 g/mol. The van der Waals surface area contributed by atoms with Crippen LogP contribution in [0.1, 0.15) is 24.5 Å². The summed E-state index contributed by atoms with van der Waals surface area (Å²) in [5.41, 5.74) is 0.837. The smallest absolute Gasteiger partial charge is 0.223 e. The molecule has 4 heteroatoms. The van der Waals surface area contributed by atoms with Crippen LogP contribution in [0.3, 0.4) is 0 Å². The number of thiophene rings is 1. The normalized spacial score (nSPS) is 12.1. The van der Waals surface area contributed by atoms with Gasteiger partial charge in [-0.2, -0.15) is 11.3 Å². The summed E-state index contributed by atoms with van der Waals surface area (Å²) in [5, 5.41) is 16.4. The van der Waals surface area contributed by atoms with E-state index in [-0.39, 0.29) is 18.4 Å². The van der Waals surface area contributed by atoms with Gasteiger partial charge in [-0.25, -0.2) is 0 Å². The van der Waals surface area contributed by atoms with Gasteiger partial charge in [0.05, 0.1) is 6.10 Å². The summed E-state index contributed by atoms with van der Waals surface area (Å²) in [6.45, 7) is 7.51.